The molecule has 0 spiro atoms. The second-order valence-corrected chi connectivity index (χ2v) is 10.7. The summed E-state index contributed by atoms with van der Waals surface area (Å²) < 4.78 is 9.01. The zero-order valence-electron chi connectivity index (χ0n) is 19.0. The normalized spacial score (nSPS) is 11.5. The summed E-state index contributed by atoms with van der Waals surface area (Å²) in [5.41, 5.74) is 4.44. The summed E-state index contributed by atoms with van der Waals surface area (Å²) >= 11 is 11.0. The molecule has 0 atom stereocenters. The Balaban J connectivity index is 1.35. The number of aromatic nitrogens is 5. The van der Waals surface area contributed by atoms with Crippen LogP contribution in [0.5, 0.6) is 0 Å². The van der Waals surface area contributed by atoms with Gasteiger partial charge in [0.05, 0.1) is 5.52 Å². The molecule has 0 radical (unpaired) electrons. The van der Waals surface area contributed by atoms with Crippen molar-refractivity contribution in [3.8, 4) is 44.7 Å². The van der Waals surface area contributed by atoms with Crippen LogP contribution in [0.1, 0.15) is 0 Å². The zero-order valence-corrected chi connectivity index (χ0v) is 22.1. The van der Waals surface area contributed by atoms with Crippen LogP contribution < -0.4 is 0 Å². The SMILES string of the molecule is Clc1ccc(-c2ccc(-c3cc(-c4nn5c(-c6ccc(Br)cc6)nnc5s4)c4ccccc4n3)o2)cc1. The number of furan rings is 1. The molecule has 9 heteroatoms. The predicted octanol–water partition coefficient (Wildman–Crippen LogP) is 8.41. The predicted molar refractivity (Wildman–Crippen MR) is 151 cm³/mol. The fraction of sp³-hybridized carbons (Fsp3) is 0. The van der Waals surface area contributed by atoms with Crippen molar-refractivity contribution in [2.24, 2.45) is 0 Å². The van der Waals surface area contributed by atoms with Gasteiger partial charge in [0, 0.05) is 31.6 Å². The van der Waals surface area contributed by atoms with Gasteiger partial charge in [-0.25, -0.2) is 4.98 Å². The maximum Gasteiger partial charge on any atom is 0.235 e. The average molecular weight is 585 g/mol. The van der Waals surface area contributed by atoms with Crippen LogP contribution in [-0.2, 0) is 0 Å². The first-order valence-corrected chi connectivity index (χ1v) is 13.4. The highest BCUT2D eigenvalue weighted by molar-refractivity contribution is 9.10. The molecular formula is C28H15BrClN5OS. The fourth-order valence-corrected chi connectivity index (χ4v) is 5.49. The van der Waals surface area contributed by atoms with Crippen LogP contribution in [0.2, 0.25) is 5.02 Å². The molecule has 0 unspecified atom stereocenters. The van der Waals surface area contributed by atoms with Gasteiger partial charge < -0.3 is 4.42 Å². The van der Waals surface area contributed by atoms with Crippen LogP contribution in [-0.4, -0.2) is 24.8 Å². The smallest absolute Gasteiger partial charge is 0.235 e. The third kappa shape index (κ3) is 4.03. The minimum Gasteiger partial charge on any atom is -0.454 e. The summed E-state index contributed by atoms with van der Waals surface area (Å²) in [6.07, 6.45) is 0. The lowest BCUT2D eigenvalue weighted by atomic mass is 10.1. The third-order valence-corrected chi connectivity index (χ3v) is 7.74. The lowest BCUT2D eigenvalue weighted by Crippen LogP contribution is -1.92. The number of nitrogens with zero attached hydrogens (tertiary/aromatic N) is 5. The van der Waals surface area contributed by atoms with E-state index in [1.165, 1.54) is 11.3 Å². The van der Waals surface area contributed by atoms with E-state index in [1.807, 2.05) is 84.9 Å². The summed E-state index contributed by atoms with van der Waals surface area (Å²) in [6.45, 7) is 0. The molecule has 0 saturated carbocycles. The topological polar surface area (TPSA) is 69.1 Å². The van der Waals surface area contributed by atoms with Crippen molar-refractivity contribution >= 4 is 54.7 Å². The van der Waals surface area contributed by atoms with Crippen LogP contribution >= 0.6 is 38.9 Å². The largest absolute Gasteiger partial charge is 0.454 e. The number of para-hydroxylation sites is 1. The molecule has 4 aromatic heterocycles. The van der Waals surface area contributed by atoms with Crippen LogP contribution in [0.3, 0.4) is 0 Å². The molecule has 0 aliphatic carbocycles. The standard InChI is InChI=1S/C28H15BrClN5OS/c29-18-9-5-17(6-10-18)26-32-33-28-35(26)34-27(37-28)21-15-23(31-22-4-2-1-3-20(21)22)25-14-13-24(36-25)16-7-11-19(30)12-8-16/h1-15H. The molecule has 37 heavy (non-hydrogen) atoms. The van der Waals surface area contributed by atoms with Crippen molar-refractivity contribution < 1.29 is 4.42 Å². The summed E-state index contributed by atoms with van der Waals surface area (Å²) in [6, 6.07) is 29.5. The highest BCUT2D eigenvalue weighted by atomic mass is 79.9. The van der Waals surface area contributed by atoms with Gasteiger partial charge in [-0.2, -0.15) is 9.61 Å². The molecule has 4 heterocycles. The Hall–Kier alpha value is -3.85. The van der Waals surface area contributed by atoms with Crippen molar-refractivity contribution in [2.45, 2.75) is 0 Å². The summed E-state index contributed by atoms with van der Waals surface area (Å²) in [4.78, 5) is 5.61. The second-order valence-electron chi connectivity index (χ2n) is 8.38. The molecule has 0 bridgehead atoms. The number of pyridine rings is 1. The number of rotatable bonds is 4. The van der Waals surface area contributed by atoms with Gasteiger partial charge in [-0.05, 0) is 60.7 Å². The Labute approximate surface area is 228 Å². The molecule has 0 saturated heterocycles. The van der Waals surface area contributed by atoms with E-state index in [4.69, 9.17) is 26.1 Å². The molecule has 0 aliphatic heterocycles. The van der Waals surface area contributed by atoms with E-state index in [0.29, 0.717) is 16.6 Å². The highest BCUT2D eigenvalue weighted by Gasteiger charge is 2.18. The lowest BCUT2D eigenvalue weighted by molar-refractivity contribution is 0.595. The maximum atomic E-state index is 6.21. The molecule has 3 aromatic carbocycles. The van der Waals surface area contributed by atoms with Gasteiger partial charge in [0.1, 0.15) is 16.5 Å². The Morgan fingerprint density at radius 2 is 1.57 bits per heavy atom. The Kier molecular flexibility index (Phi) is 5.39. The quantitative estimate of drug-likeness (QED) is 0.208. The first-order chi connectivity index (χ1) is 18.1. The minimum atomic E-state index is 0.676. The average Bonchev–Trinajstić information content (AvgIpc) is 3.66. The van der Waals surface area contributed by atoms with E-state index in [0.717, 1.165) is 53.5 Å². The van der Waals surface area contributed by atoms with Gasteiger partial charge in [0.15, 0.2) is 11.6 Å². The van der Waals surface area contributed by atoms with Crippen LogP contribution in [0, 0.1) is 0 Å². The van der Waals surface area contributed by atoms with Crippen LogP contribution in [0.4, 0.5) is 0 Å². The fourth-order valence-electron chi connectivity index (χ4n) is 4.23. The molecule has 0 aliphatic rings. The van der Waals surface area contributed by atoms with E-state index in [1.54, 1.807) is 4.52 Å². The zero-order chi connectivity index (χ0) is 24.9. The number of halogens is 2. The van der Waals surface area contributed by atoms with Gasteiger partial charge in [-0.3, -0.25) is 0 Å². The van der Waals surface area contributed by atoms with Crippen LogP contribution in [0.15, 0.2) is 99.9 Å². The molecule has 7 rings (SSSR count). The van der Waals surface area contributed by atoms with Crippen molar-refractivity contribution in [1.29, 1.82) is 0 Å². The number of benzene rings is 3. The highest BCUT2D eigenvalue weighted by Crippen LogP contribution is 2.36. The Morgan fingerprint density at radius 3 is 2.41 bits per heavy atom. The first-order valence-electron chi connectivity index (χ1n) is 11.4. The monoisotopic (exact) mass is 583 g/mol. The molecule has 178 valence electrons. The van der Waals surface area contributed by atoms with Crippen molar-refractivity contribution in [3.63, 3.8) is 0 Å². The molecule has 0 fully saturated rings. The van der Waals surface area contributed by atoms with E-state index in [9.17, 15) is 0 Å². The molecule has 0 amide bonds. The number of hydrogen-bond acceptors (Lipinski definition) is 6. The Bertz CT molecular complexity index is 1910. The van der Waals surface area contributed by atoms with E-state index >= 15 is 0 Å². The molecule has 7 aromatic rings. The van der Waals surface area contributed by atoms with Crippen molar-refractivity contribution in [3.05, 3.63) is 100 Å². The maximum absolute atomic E-state index is 6.21. The first kappa shape index (κ1) is 22.4. The van der Waals surface area contributed by atoms with Gasteiger partial charge in [0.2, 0.25) is 4.96 Å². The summed E-state index contributed by atoms with van der Waals surface area (Å²) in [5, 5.41) is 16.2. The summed E-state index contributed by atoms with van der Waals surface area (Å²) in [5.74, 6) is 2.12. The van der Waals surface area contributed by atoms with Gasteiger partial charge in [-0.15, -0.1) is 10.2 Å². The number of hydrogen-bond donors (Lipinski definition) is 0. The lowest BCUT2D eigenvalue weighted by Gasteiger charge is -2.06. The second kappa shape index (κ2) is 8.92. The molecule has 0 N–H and O–H groups in total. The number of fused-ring (bicyclic) bond motifs is 2. The van der Waals surface area contributed by atoms with Crippen molar-refractivity contribution in [2.75, 3.05) is 0 Å². The van der Waals surface area contributed by atoms with Gasteiger partial charge >= 0.3 is 0 Å². The minimum absolute atomic E-state index is 0.676. The van der Waals surface area contributed by atoms with E-state index in [-0.39, 0.29) is 0 Å². The van der Waals surface area contributed by atoms with Crippen molar-refractivity contribution in [1.82, 2.24) is 24.8 Å². The van der Waals surface area contributed by atoms with E-state index in [2.05, 4.69) is 32.2 Å². The molecular weight excluding hydrogens is 570 g/mol. The van der Waals surface area contributed by atoms with Crippen LogP contribution in [0.25, 0.3) is 60.6 Å². The van der Waals surface area contributed by atoms with Gasteiger partial charge in [0.25, 0.3) is 0 Å². The van der Waals surface area contributed by atoms with Gasteiger partial charge in [-0.1, -0.05) is 69.2 Å². The van der Waals surface area contributed by atoms with E-state index < -0.39 is 0 Å². The molecule has 6 nitrogen and oxygen atoms in total. The third-order valence-electron chi connectivity index (χ3n) is 6.03. The Morgan fingerprint density at radius 1 is 0.811 bits per heavy atom. The summed E-state index contributed by atoms with van der Waals surface area (Å²) in [7, 11) is 0.